The summed E-state index contributed by atoms with van der Waals surface area (Å²) in [5.74, 6) is 0.969. The maximum atomic E-state index is 5.94. The van der Waals surface area contributed by atoms with Gasteiger partial charge in [-0.05, 0) is 49.6 Å². The van der Waals surface area contributed by atoms with Gasteiger partial charge >= 0.3 is 0 Å². The van der Waals surface area contributed by atoms with E-state index < -0.39 is 0 Å². The molecule has 0 unspecified atom stereocenters. The molecule has 1 aromatic carbocycles. The summed E-state index contributed by atoms with van der Waals surface area (Å²) < 4.78 is 5.94. The number of ether oxygens (including phenoxy) is 1. The fraction of sp³-hybridized carbons (Fsp3) is 0.312. The fourth-order valence-corrected chi connectivity index (χ4v) is 2.28. The number of nitrogens with zero attached hydrogens (tertiary/aromatic N) is 1. The molecule has 2 aromatic rings. The molecule has 0 fully saturated rings. The van der Waals surface area contributed by atoms with E-state index in [2.05, 4.69) is 37.9 Å². The molecule has 0 aliphatic rings. The molecule has 0 aliphatic heterocycles. The number of nitrogens with two attached hydrogens (primary N) is 1. The van der Waals surface area contributed by atoms with Gasteiger partial charge in [0.2, 0.25) is 0 Å². The number of pyridine rings is 1. The molecule has 0 saturated carbocycles. The molecule has 0 aliphatic carbocycles. The molecule has 100 valence electrons. The molecule has 19 heavy (non-hydrogen) atoms. The molecular formula is C16H20N2O. The first-order chi connectivity index (χ1) is 9.10. The summed E-state index contributed by atoms with van der Waals surface area (Å²) in [4.78, 5) is 4.18. The number of rotatable bonds is 4. The van der Waals surface area contributed by atoms with Crippen LogP contribution in [0, 0.1) is 20.8 Å². The molecule has 0 bridgehead atoms. The highest BCUT2D eigenvalue weighted by Gasteiger charge is 2.05. The Labute approximate surface area is 114 Å². The minimum atomic E-state index is 0.455. The predicted molar refractivity (Wildman–Crippen MR) is 77.1 cm³/mol. The molecule has 3 heteroatoms. The molecule has 3 nitrogen and oxygen atoms in total. The molecular weight excluding hydrogens is 236 g/mol. The van der Waals surface area contributed by atoms with Gasteiger partial charge < -0.3 is 10.5 Å². The predicted octanol–water partition coefficient (Wildman–Crippen LogP) is 3.04. The third-order valence-corrected chi connectivity index (χ3v) is 3.08. The summed E-state index contributed by atoms with van der Waals surface area (Å²) in [5.41, 5.74) is 11.2. The number of hydrogen-bond acceptors (Lipinski definition) is 3. The van der Waals surface area contributed by atoms with Gasteiger partial charge in [0.05, 0.1) is 5.69 Å². The molecule has 0 atom stereocenters. The lowest BCUT2D eigenvalue weighted by Gasteiger charge is -2.13. The van der Waals surface area contributed by atoms with Crippen LogP contribution in [0.2, 0.25) is 0 Å². The zero-order chi connectivity index (χ0) is 13.8. The number of benzene rings is 1. The Bertz CT molecular complexity index is 556. The molecule has 1 aromatic heterocycles. The van der Waals surface area contributed by atoms with Gasteiger partial charge in [0, 0.05) is 12.7 Å². The third kappa shape index (κ3) is 3.32. The summed E-state index contributed by atoms with van der Waals surface area (Å²) in [7, 11) is 0. The van der Waals surface area contributed by atoms with Gasteiger partial charge in [-0.25, -0.2) is 0 Å². The van der Waals surface area contributed by atoms with E-state index in [9.17, 15) is 0 Å². The van der Waals surface area contributed by atoms with Gasteiger partial charge in [-0.2, -0.15) is 0 Å². The van der Waals surface area contributed by atoms with Crippen molar-refractivity contribution in [3.8, 4) is 5.75 Å². The van der Waals surface area contributed by atoms with E-state index in [1.807, 2.05) is 12.1 Å². The van der Waals surface area contributed by atoms with Crippen LogP contribution in [0.5, 0.6) is 5.75 Å². The van der Waals surface area contributed by atoms with Crippen LogP contribution >= 0.6 is 0 Å². The van der Waals surface area contributed by atoms with Gasteiger partial charge in [-0.1, -0.05) is 17.7 Å². The Morgan fingerprint density at radius 2 is 1.79 bits per heavy atom. The van der Waals surface area contributed by atoms with E-state index >= 15 is 0 Å². The molecule has 0 amide bonds. The molecule has 0 spiro atoms. The highest BCUT2D eigenvalue weighted by atomic mass is 16.5. The molecule has 1 heterocycles. The van der Waals surface area contributed by atoms with Gasteiger partial charge in [-0.15, -0.1) is 0 Å². The van der Waals surface area contributed by atoms with Crippen molar-refractivity contribution in [2.45, 2.75) is 33.9 Å². The number of aromatic nitrogens is 1. The van der Waals surface area contributed by atoms with Crippen LogP contribution in [-0.4, -0.2) is 4.98 Å². The largest absolute Gasteiger partial charge is 0.488 e. The fourth-order valence-electron chi connectivity index (χ4n) is 2.28. The van der Waals surface area contributed by atoms with E-state index in [-0.39, 0.29) is 0 Å². The van der Waals surface area contributed by atoms with Gasteiger partial charge in [-0.3, -0.25) is 4.98 Å². The van der Waals surface area contributed by atoms with Gasteiger partial charge in [0.25, 0.3) is 0 Å². The topological polar surface area (TPSA) is 48.1 Å². The number of aryl methyl sites for hydroxylation is 3. The Balaban J connectivity index is 2.14. The monoisotopic (exact) mass is 256 g/mol. The summed E-state index contributed by atoms with van der Waals surface area (Å²) in [6.45, 7) is 7.25. The Morgan fingerprint density at radius 3 is 2.42 bits per heavy atom. The van der Waals surface area contributed by atoms with E-state index in [0.717, 1.165) is 17.0 Å². The van der Waals surface area contributed by atoms with E-state index in [4.69, 9.17) is 10.5 Å². The second-order valence-corrected chi connectivity index (χ2v) is 4.88. The molecule has 0 saturated heterocycles. The zero-order valence-corrected chi connectivity index (χ0v) is 11.7. The first kappa shape index (κ1) is 13.6. The molecule has 2 N–H and O–H groups in total. The summed E-state index contributed by atoms with van der Waals surface area (Å²) in [5, 5.41) is 0. The average molecular weight is 256 g/mol. The summed E-state index contributed by atoms with van der Waals surface area (Å²) in [6, 6.07) is 8.22. The lowest BCUT2D eigenvalue weighted by Crippen LogP contribution is -2.03. The van der Waals surface area contributed by atoms with Crippen LogP contribution < -0.4 is 10.5 Å². The summed E-state index contributed by atoms with van der Waals surface area (Å²) in [6.07, 6.45) is 1.77. The first-order valence-electron chi connectivity index (χ1n) is 6.44. The third-order valence-electron chi connectivity index (χ3n) is 3.08. The lowest BCUT2D eigenvalue weighted by atomic mass is 10.1. The minimum Gasteiger partial charge on any atom is -0.488 e. The average Bonchev–Trinajstić information content (AvgIpc) is 2.37. The molecule has 0 radical (unpaired) electrons. The van der Waals surface area contributed by atoms with Gasteiger partial charge in [0.1, 0.15) is 12.4 Å². The van der Waals surface area contributed by atoms with Crippen molar-refractivity contribution in [1.82, 2.24) is 4.98 Å². The first-order valence-corrected chi connectivity index (χ1v) is 6.44. The maximum Gasteiger partial charge on any atom is 0.125 e. The van der Waals surface area contributed by atoms with Crippen molar-refractivity contribution in [2.75, 3.05) is 0 Å². The van der Waals surface area contributed by atoms with Crippen LogP contribution in [0.25, 0.3) is 0 Å². The smallest absolute Gasteiger partial charge is 0.125 e. The standard InChI is InChI=1S/C16H20N2O/c1-11-6-12(2)16(13(3)7-11)19-10-14-4-5-18-15(8-14)9-17/h4-8H,9-10,17H2,1-3H3. The Kier molecular flexibility index (Phi) is 4.17. The van der Waals surface area contributed by atoms with Crippen molar-refractivity contribution in [3.05, 3.63) is 58.4 Å². The molecule has 2 rings (SSSR count). The van der Waals surface area contributed by atoms with Crippen molar-refractivity contribution in [3.63, 3.8) is 0 Å². The Morgan fingerprint density at radius 1 is 1.11 bits per heavy atom. The van der Waals surface area contributed by atoms with Crippen LogP contribution in [0.1, 0.15) is 27.9 Å². The van der Waals surface area contributed by atoms with Crippen LogP contribution in [0.15, 0.2) is 30.5 Å². The second-order valence-electron chi connectivity index (χ2n) is 4.88. The Hall–Kier alpha value is -1.87. The van der Waals surface area contributed by atoms with Crippen LogP contribution in [-0.2, 0) is 13.2 Å². The van der Waals surface area contributed by atoms with Crippen molar-refractivity contribution >= 4 is 0 Å². The van der Waals surface area contributed by atoms with Crippen molar-refractivity contribution < 1.29 is 4.74 Å². The second kappa shape index (κ2) is 5.85. The summed E-state index contributed by atoms with van der Waals surface area (Å²) >= 11 is 0. The van der Waals surface area contributed by atoms with Gasteiger partial charge in [0.15, 0.2) is 0 Å². The normalized spacial score (nSPS) is 10.5. The van der Waals surface area contributed by atoms with Crippen LogP contribution in [0.3, 0.4) is 0 Å². The van der Waals surface area contributed by atoms with E-state index in [1.54, 1.807) is 6.20 Å². The van der Waals surface area contributed by atoms with E-state index in [0.29, 0.717) is 13.2 Å². The lowest BCUT2D eigenvalue weighted by molar-refractivity contribution is 0.301. The van der Waals surface area contributed by atoms with Crippen LogP contribution in [0.4, 0.5) is 0 Å². The number of hydrogen-bond donors (Lipinski definition) is 1. The quantitative estimate of drug-likeness (QED) is 0.914. The van der Waals surface area contributed by atoms with Crippen molar-refractivity contribution in [2.24, 2.45) is 5.73 Å². The van der Waals surface area contributed by atoms with E-state index in [1.165, 1.54) is 16.7 Å². The minimum absolute atomic E-state index is 0.455. The zero-order valence-electron chi connectivity index (χ0n) is 11.7. The highest BCUT2D eigenvalue weighted by molar-refractivity contribution is 5.43. The maximum absolute atomic E-state index is 5.94. The highest BCUT2D eigenvalue weighted by Crippen LogP contribution is 2.25. The van der Waals surface area contributed by atoms with Crippen molar-refractivity contribution in [1.29, 1.82) is 0 Å². The SMILES string of the molecule is Cc1cc(C)c(OCc2ccnc(CN)c2)c(C)c1.